The molecule has 0 radical (unpaired) electrons. The van der Waals surface area contributed by atoms with E-state index in [9.17, 15) is 4.79 Å². The number of benzene rings is 1. The summed E-state index contributed by atoms with van der Waals surface area (Å²) >= 11 is 0. The lowest BCUT2D eigenvalue weighted by Crippen LogP contribution is -2.32. The second-order valence-corrected chi connectivity index (χ2v) is 9.31. The van der Waals surface area contributed by atoms with Gasteiger partial charge in [0, 0.05) is 40.2 Å². The number of amides is 1. The number of allylic oxidation sites excluding steroid dienone is 2. The summed E-state index contributed by atoms with van der Waals surface area (Å²) in [4.78, 5) is 14.1. The van der Waals surface area contributed by atoms with Crippen molar-refractivity contribution in [2.24, 2.45) is 23.7 Å². The van der Waals surface area contributed by atoms with Gasteiger partial charge in [-0.1, -0.05) is 45.9 Å². The molecule has 2 atom stereocenters. The Balaban J connectivity index is 2.92. The lowest BCUT2D eigenvalue weighted by molar-refractivity contribution is -0.134. The van der Waals surface area contributed by atoms with Gasteiger partial charge in [0.05, 0.1) is 17.8 Å². The van der Waals surface area contributed by atoms with Crippen LogP contribution in [0.25, 0.3) is 0 Å². The summed E-state index contributed by atoms with van der Waals surface area (Å²) in [6.07, 6.45) is 7.49. The maximum Gasteiger partial charge on any atom is 0.225 e. The Labute approximate surface area is 200 Å². The van der Waals surface area contributed by atoms with Crippen LogP contribution in [0.15, 0.2) is 30.4 Å². The highest BCUT2D eigenvalue weighted by Gasteiger charge is 2.22. The summed E-state index contributed by atoms with van der Waals surface area (Å²) in [6.45, 7) is 9.57. The number of carbonyl (C=O) groups is 1. The van der Waals surface area contributed by atoms with Crippen molar-refractivity contribution in [2.75, 3.05) is 41.5 Å². The number of nitrogens with zero attached hydrogens (tertiary/aromatic N) is 1. The minimum Gasteiger partial charge on any atom is -0.493 e. The molecule has 0 aliphatic heterocycles. The first-order valence-electron chi connectivity index (χ1n) is 13.2. The van der Waals surface area contributed by atoms with Crippen LogP contribution >= 0.6 is 0 Å². The van der Waals surface area contributed by atoms with E-state index in [0.29, 0.717) is 37.2 Å². The van der Waals surface area contributed by atoms with Crippen molar-refractivity contribution in [1.82, 2.24) is 4.90 Å². The van der Waals surface area contributed by atoms with Gasteiger partial charge in [0.2, 0.25) is 5.91 Å². The molecule has 182 valence electrons. The molecule has 0 heterocycles. The first-order chi connectivity index (χ1) is 16.4. The second kappa shape index (κ2) is 14.9. The van der Waals surface area contributed by atoms with Crippen molar-refractivity contribution in [2.45, 2.75) is 53.4 Å². The van der Waals surface area contributed by atoms with Gasteiger partial charge in [-0.05, 0) is 54.7 Å². The fourth-order valence-corrected chi connectivity index (χ4v) is 3.66. The van der Waals surface area contributed by atoms with Gasteiger partial charge < -0.3 is 19.1 Å². The summed E-state index contributed by atoms with van der Waals surface area (Å²) in [7, 11) is 2.70. The molecule has 0 fully saturated rings. The third-order valence-corrected chi connectivity index (χ3v) is 5.87. The van der Waals surface area contributed by atoms with Gasteiger partial charge in [-0.3, -0.25) is 4.79 Å². The fourth-order valence-electron chi connectivity index (χ4n) is 3.66. The smallest absolute Gasteiger partial charge is 0.225 e. The van der Waals surface area contributed by atoms with Crippen LogP contribution in [0, 0.1) is 23.7 Å². The van der Waals surface area contributed by atoms with Crippen molar-refractivity contribution in [3.63, 3.8) is 0 Å². The molecule has 5 nitrogen and oxygen atoms in total. The number of hydrogen-bond donors (Lipinski definition) is 0. The molecule has 0 N–H and O–H groups in total. The standard InChI is InChI=1S/C27H45NO4/c1-20(2)23(12-9-10-13-24(21(3)4)27(29)28(5)6)18-22-14-15-25(31-8)26(19-22)32-17-11-16-30-7/h9-10,14-15,19-21,23-24H,11-13,16-18H2,1-8H3/b10-9+/t23-,24+/m1/s1/i8D3. The van der Waals surface area contributed by atoms with Crippen molar-refractivity contribution in [3.8, 4) is 11.5 Å². The maximum atomic E-state index is 12.4. The molecule has 1 rings (SSSR count). The minimum absolute atomic E-state index is 0.0117. The number of ether oxygens (including phenoxy) is 3. The Bertz CT molecular complexity index is 791. The zero-order valence-corrected chi connectivity index (χ0v) is 21.0. The van der Waals surface area contributed by atoms with Crippen LogP contribution in [0.3, 0.4) is 0 Å². The topological polar surface area (TPSA) is 48.0 Å². The van der Waals surface area contributed by atoms with E-state index < -0.39 is 7.04 Å². The highest BCUT2D eigenvalue weighted by atomic mass is 16.5. The summed E-state index contributed by atoms with van der Waals surface area (Å²) < 4.78 is 38.4. The molecule has 0 saturated carbocycles. The zero-order chi connectivity index (χ0) is 26.6. The van der Waals surface area contributed by atoms with E-state index >= 15 is 0 Å². The summed E-state index contributed by atoms with van der Waals surface area (Å²) in [5.41, 5.74) is 1.07. The Morgan fingerprint density at radius 1 is 1.06 bits per heavy atom. The lowest BCUT2D eigenvalue weighted by atomic mass is 9.85. The van der Waals surface area contributed by atoms with Gasteiger partial charge in [0.25, 0.3) is 0 Å². The molecule has 0 aromatic heterocycles. The van der Waals surface area contributed by atoms with Gasteiger partial charge in [0.1, 0.15) is 0 Å². The van der Waals surface area contributed by atoms with E-state index in [0.717, 1.165) is 24.8 Å². The molecule has 0 aliphatic carbocycles. The normalized spacial score (nSPS) is 15.3. The third-order valence-electron chi connectivity index (χ3n) is 5.87. The molecule has 1 aromatic rings. The summed E-state index contributed by atoms with van der Waals surface area (Å²) in [5.74, 6) is 1.95. The number of hydrogen-bond acceptors (Lipinski definition) is 4. The van der Waals surface area contributed by atoms with Crippen LogP contribution in [0.2, 0.25) is 0 Å². The second-order valence-electron chi connectivity index (χ2n) is 9.31. The lowest BCUT2D eigenvalue weighted by Gasteiger charge is -2.23. The zero-order valence-electron chi connectivity index (χ0n) is 24.0. The summed E-state index contributed by atoms with van der Waals surface area (Å²) in [6, 6.07) is 5.48. The predicted octanol–water partition coefficient (Wildman–Crippen LogP) is 5.62. The van der Waals surface area contributed by atoms with Crippen LogP contribution in [0.5, 0.6) is 11.5 Å². The average Bonchev–Trinajstić information content (AvgIpc) is 2.75. The number of methoxy groups -OCH3 is 2. The molecular weight excluding hydrogens is 402 g/mol. The first kappa shape index (κ1) is 23.2. The van der Waals surface area contributed by atoms with Crippen LogP contribution in [-0.4, -0.2) is 52.3 Å². The van der Waals surface area contributed by atoms with Crippen molar-refractivity contribution in [1.29, 1.82) is 0 Å². The molecular formula is C27H45NO4. The van der Waals surface area contributed by atoms with Crippen molar-refractivity contribution < 1.29 is 23.1 Å². The van der Waals surface area contributed by atoms with E-state index in [1.807, 2.05) is 12.1 Å². The Kier molecular flexibility index (Phi) is 10.8. The van der Waals surface area contributed by atoms with Crippen LogP contribution < -0.4 is 9.47 Å². The highest BCUT2D eigenvalue weighted by Crippen LogP contribution is 2.31. The van der Waals surface area contributed by atoms with E-state index in [2.05, 4.69) is 39.8 Å². The van der Waals surface area contributed by atoms with E-state index in [1.54, 1.807) is 32.2 Å². The summed E-state index contributed by atoms with van der Waals surface area (Å²) in [5, 5.41) is 0. The Hall–Kier alpha value is -2.01. The average molecular weight is 451 g/mol. The Morgan fingerprint density at radius 2 is 1.78 bits per heavy atom. The maximum absolute atomic E-state index is 12.4. The molecule has 5 heteroatoms. The van der Waals surface area contributed by atoms with Crippen LogP contribution in [-0.2, 0) is 16.0 Å². The van der Waals surface area contributed by atoms with Crippen molar-refractivity contribution >= 4 is 5.91 Å². The van der Waals surface area contributed by atoms with E-state index in [4.69, 9.17) is 18.3 Å². The van der Waals surface area contributed by atoms with Crippen LogP contribution in [0.1, 0.15) is 56.6 Å². The third kappa shape index (κ3) is 9.64. The minimum atomic E-state index is -2.54. The molecule has 0 saturated heterocycles. The quantitative estimate of drug-likeness (QED) is 0.257. The number of carbonyl (C=O) groups excluding carboxylic acids is 1. The van der Waals surface area contributed by atoms with E-state index in [1.165, 1.54) is 0 Å². The molecule has 0 spiro atoms. The first-order valence-corrected chi connectivity index (χ1v) is 11.7. The number of rotatable bonds is 15. The van der Waals surface area contributed by atoms with Crippen molar-refractivity contribution in [3.05, 3.63) is 35.9 Å². The highest BCUT2D eigenvalue weighted by molar-refractivity contribution is 5.78. The predicted molar refractivity (Wildman–Crippen MR) is 132 cm³/mol. The van der Waals surface area contributed by atoms with Crippen LogP contribution in [0.4, 0.5) is 0 Å². The van der Waals surface area contributed by atoms with Gasteiger partial charge in [-0.25, -0.2) is 0 Å². The molecule has 32 heavy (non-hydrogen) atoms. The van der Waals surface area contributed by atoms with E-state index in [-0.39, 0.29) is 23.5 Å². The Morgan fingerprint density at radius 3 is 2.38 bits per heavy atom. The molecule has 0 unspecified atom stereocenters. The van der Waals surface area contributed by atoms with Gasteiger partial charge in [-0.15, -0.1) is 0 Å². The largest absolute Gasteiger partial charge is 0.493 e. The molecule has 0 aliphatic rings. The van der Waals surface area contributed by atoms with Gasteiger partial charge >= 0.3 is 0 Å². The molecule has 1 aromatic carbocycles. The monoisotopic (exact) mass is 450 g/mol. The van der Waals surface area contributed by atoms with Gasteiger partial charge in [-0.2, -0.15) is 0 Å². The SMILES string of the molecule is [2H]C([2H])([2H])Oc1ccc(C[C@@H](C/C=C/C[C@H](C(=O)N(C)C)C(C)C)C(C)C)cc1OCCCOC. The fraction of sp³-hybridized carbons (Fsp3) is 0.667. The van der Waals surface area contributed by atoms with Gasteiger partial charge in [0.15, 0.2) is 11.5 Å². The molecule has 0 bridgehead atoms. The molecule has 1 amide bonds.